The van der Waals surface area contributed by atoms with Crippen LogP contribution < -0.4 is 0 Å². The Labute approximate surface area is 852 Å². The quantitative estimate of drug-likeness (QED) is 0.0784. The summed E-state index contributed by atoms with van der Waals surface area (Å²) in [6, 6.07) is 186. The molecule has 0 unspecified atom stereocenters. The van der Waals surface area contributed by atoms with Crippen LogP contribution in [0, 0.1) is 0 Å². The molecule has 0 radical (unpaired) electrons. The molecule has 21 aromatic carbocycles. The number of hydrogen-bond acceptors (Lipinski definition) is 8. The lowest BCUT2D eigenvalue weighted by atomic mass is 9.96. The molecule has 0 aliphatic heterocycles. The number of fused-ring (bicyclic) bond motifs is 12. The highest BCUT2D eigenvalue weighted by Crippen LogP contribution is 2.48. The van der Waals surface area contributed by atoms with Crippen molar-refractivity contribution in [3.8, 4) is 192 Å². The van der Waals surface area contributed by atoms with Crippen LogP contribution in [0.2, 0.25) is 0 Å². The van der Waals surface area contributed by atoms with Gasteiger partial charge in [0.2, 0.25) is 5.95 Å². The lowest BCUT2D eigenvalue weighted by molar-refractivity contribution is 0.953. The molecule has 0 saturated carbocycles. The Hall–Kier alpha value is -20.1. The van der Waals surface area contributed by atoms with Crippen molar-refractivity contribution in [1.29, 1.82) is 0 Å². The van der Waals surface area contributed by atoms with Crippen LogP contribution in [0.15, 0.2) is 522 Å². The summed E-state index contributed by atoms with van der Waals surface area (Å²) in [7, 11) is 0. The highest BCUT2D eigenvalue weighted by Gasteiger charge is 2.27. The van der Waals surface area contributed by atoms with E-state index in [9.17, 15) is 0 Å². The molecule has 0 aliphatic carbocycles. The molecule has 0 atom stereocenters. The SMILES string of the molecule is c1ccc(-c2cccc(-n3c4ccccc4c4cc(-c5ccc6c(c5)c5c(-c7cccc(-c8nc(-c9ccccc9)nc(-c9ccc(-c%10ccc%11c%12cc(-c%13ccc%14c(c%13)c%13c(-c%15cccc(-c%16nc(-c%17ccccc%17)cc(-c%17ccccc%17)n%16)c%15)cccc%13n%14-c%13nc(-c%14ccccc%14)nc(-c%14ccccc%14)n%13)ccc%12n(-c%12ccccc%12)c%11c%10)cc9)n8)c7)cccc5n6-c5cccc(-c6ccccc6)c5)ccc43)c2)cc1. The van der Waals surface area contributed by atoms with Crippen LogP contribution in [0.5, 0.6) is 0 Å². The molecule has 0 N–H and O–H groups in total. The van der Waals surface area contributed by atoms with E-state index in [1.807, 2.05) is 66.7 Å². The van der Waals surface area contributed by atoms with E-state index in [4.69, 9.17) is 39.9 Å². The molecule has 690 valence electrons. The van der Waals surface area contributed by atoms with E-state index in [-0.39, 0.29) is 0 Å². The second-order valence-electron chi connectivity index (χ2n) is 37.7. The maximum absolute atomic E-state index is 5.46. The van der Waals surface area contributed by atoms with Crippen LogP contribution in [-0.4, -0.2) is 58.1 Å². The van der Waals surface area contributed by atoms with Crippen molar-refractivity contribution in [1.82, 2.24) is 58.1 Å². The molecule has 28 aromatic rings. The molecule has 0 saturated heterocycles. The van der Waals surface area contributed by atoms with Crippen molar-refractivity contribution < 1.29 is 0 Å². The van der Waals surface area contributed by atoms with Crippen molar-refractivity contribution in [3.05, 3.63) is 522 Å². The largest absolute Gasteiger partial charge is 0.309 e. The summed E-state index contributed by atoms with van der Waals surface area (Å²) in [5.74, 6) is 3.98. The molecule has 7 aromatic heterocycles. The molecule has 0 bridgehead atoms. The number of aromatic nitrogens is 12. The van der Waals surface area contributed by atoms with Crippen molar-refractivity contribution in [2.45, 2.75) is 0 Å². The fourth-order valence-corrected chi connectivity index (χ4v) is 21.9. The first kappa shape index (κ1) is 85.9. The standard InChI is InChI=1S/C136H86N12/c1-9-33-87(34-10-1)96-47-29-55-108(79-96)146-120-60-26-25-57-112(120)114-81-98(69-74-122(114)146)100-70-75-123-116(83-100)128-110(58-31-61-125(128)147(123)109-56-30-48-97(80-109)88-35-11-2-12-36-88)104-50-28-52-106(78-104)135-140-130(92-41-17-5-18-42-92)139-131(141-135)95-65-63-89(64-66-95)102-67-72-113-115-82-99(68-73-121(115)145(127(113)85-102)107-53-23-8-24-54-107)101-71-76-124-117(84-101)129-111(59-32-62-126(129)148(124)136-143-132(93-43-19-6-20-44-93)142-133(144-136)94-45-21-7-22-46-94)103-49-27-51-105(77-103)134-137-118(90-37-13-3-14-38-90)86-119(138-134)91-39-15-4-16-40-91/h1-86H. The highest BCUT2D eigenvalue weighted by atomic mass is 15.2. The Morgan fingerprint density at radius 2 is 0.392 bits per heavy atom. The summed E-state index contributed by atoms with van der Waals surface area (Å²) in [6.07, 6.45) is 0. The van der Waals surface area contributed by atoms with Crippen LogP contribution in [0.25, 0.3) is 279 Å². The molecule has 0 aliphatic rings. The first-order valence-corrected chi connectivity index (χ1v) is 50.0. The topological polar surface area (TPSA) is 123 Å². The van der Waals surface area contributed by atoms with Crippen molar-refractivity contribution in [2.75, 3.05) is 0 Å². The van der Waals surface area contributed by atoms with Crippen LogP contribution in [-0.2, 0) is 0 Å². The molecule has 12 nitrogen and oxygen atoms in total. The van der Waals surface area contributed by atoms with E-state index in [0.717, 1.165) is 216 Å². The predicted octanol–water partition coefficient (Wildman–Crippen LogP) is 34.2. The molecule has 28 rings (SSSR count). The number of nitrogens with zero attached hydrogens (tertiary/aromatic N) is 12. The van der Waals surface area contributed by atoms with E-state index in [1.165, 1.54) is 21.9 Å². The summed E-state index contributed by atoms with van der Waals surface area (Å²) >= 11 is 0. The Balaban J connectivity index is 0.543. The maximum atomic E-state index is 5.46. The monoisotopic (exact) mass is 1890 g/mol. The van der Waals surface area contributed by atoms with Crippen LogP contribution in [0.4, 0.5) is 0 Å². The Kier molecular flexibility index (Phi) is 21.0. The number of benzene rings is 21. The number of rotatable bonds is 19. The number of para-hydroxylation sites is 2. The first-order chi connectivity index (χ1) is 73.3. The molecular formula is C136H86N12. The molecule has 0 amide bonds. The lowest BCUT2D eigenvalue weighted by Crippen LogP contribution is -2.06. The van der Waals surface area contributed by atoms with E-state index in [0.29, 0.717) is 40.9 Å². The smallest absolute Gasteiger partial charge is 0.238 e. The van der Waals surface area contributed by atoms with Crippen LogP contribution in [0.1, 0.15) is 0 Å². The molecule has 0 fully saturated rings. The van der Waals surface area contributed by atoms with Gasteiger partial charge in [0.1, 0.15) is 0 Å². The fraction of sp³-hybridized carbons (Fsp3) is 0. The summed E-state index contributed by atoms with van der Waals surface area (Å²) in [5, 5.41) is 8.99. The summed E-state index contributed by atoms with van der Waals surface area (Å²) in [5.41, 5.74) is 36.1. The Morgan fingerprint density at radius 1 is 0.122 bits per heavy atom. The van der Waals surface area contributed by atoms with Gasteiger partial charge in [-0.15, -0.1) is 0 Å². The molecule has 7 heterocycles. The van der Waals surface area contributed by atoms with Crippen LogP contribution >= 0.6 is 0 Å². The third-order valence-electron chi connectivity index (χ3n) is 28.9. The van der Waals surface area contributed by atoms with Crippen molar-refractivity contribution >= 4 is 87.2 Å². The van der Waals surface area contributed by atoms with Crippen LogP contribution in [0.3, 0.4) is 0 Å². The van der Waals surface area contributed by atoms with Gasteiger partial charge in [0, 0.05) is 105 Å². The summed E-state index contributed by atoms with van der Waals surface area (Å²) in [6.45, 7) is 0. The third-order valence-corrected chi connectivity index (χ3v) is 28.9. The maximum Gasteiger partial charge on any atom is 0.238 e. The van der Waals surface area contributed by atoms with Crippen molar-refractivity contribution in [2.24, 2.45) is 0 Å². The zero-order valence-corrected chi connectivity index (χ0v) is 80.0. The zero-order chi connectivity index (χ0) is 97.6. The molecular weight excluding hydrogens is 1800 g/mol. The Morgan fingerprint density at radius 3 is 0.865 bits per heavy atom. The van der Waals surface area contributed by atoms with Gasteiger partial charge in [-0.05, 0) is 205 Å². The Bertz CT molecular complexity index is 9950. The van der Waals surface area contributed by atoms with E-state index < -0.39 is 0 Å². The van der Waals surface area contributed by atoms with Gasteiger partial charge < -0.3 is 13.7 Å². The van der Waals surface area contributed by atoms with Gasteiger partial charge in [0.25, 0.3) is 0 Å². The highest BCUT2D eigenvalue weighted by molar-refractivity contribution is 6.20. The van der Waals surface area contributed by atoms with Gasteiger partial charge in [-0.3, -0.25) is 4.57 Å². The summed E-state index contributed by atoms with van der Waals surface area (Å²) < 4.78 is 9.47. The van der Waals surface area contributed by atoms with E-state index in [2.05, 4.69) is 473 Å². The lowest BCUT2D eigenvalue weighted by Gasteiger charge is -2.12. The van der Waals surface area contributed by atoms with E-state index in [1.54, 1.807) is 0 Å². The van der Waals surface area contributed by atoms with Gasteiger partial charge in [0.05, 0.1) is 55.5 Å². The van der Waals surface area contributed by atoms with Gasteiger partial charge >= 0.3 is 0 Å². The van der Waals surface area contributed by atoms with Gasteiger partial charge in [0.15, 0.2) is 34.9 Å². The second-order valence-corrected chi connectivity index (χ2v) is 37.7. The minimum Gasteiger partial charge on any atom is -0.309 e. The first-order valence-electron chi connectivity index (χ1n) is 50.0. The zero-order valence-electron chi connectivity index (χ0n) is 80.0. The van der Waals surface area contributed by atoms with Gasteiger partial charge in [-0.25, -0.2) is 29.9 Å². The third kappa shape index (κ3) is 15.3. The van der Waals surface area contributed by atoms with E-state index >= 15 is 0 Å². The molecule has 12 heteroatoms. The minimum atomic E-state index is 0.503. The summed E-state index contributed by atoms with van der Waals surface area (Å²) in [4.78, 5) is 42.7. The number of hydrogen-bond donors (Lipinski definition) is 0. The average molecular weight is 1890 g/mol. The minimum absolute atomic E-state index is 0.503. The van der Waals surface area contributed by atoms with Gasteiger partial charge in [-0.2, -0.15) is 9.97 Å². The van der Waals surface area contributed by atoms with Gasteiger partial charge in [-0.1, -0.05) is 394 Å². The molecule has 0 spiro atoms. The normalized spacial score (nSPS) is 11.6. The predicted molar refractivity (Wildman–Crippen MR) is 608 cm³/mol. The molecule has 148 heavy (non-hydrogen) atoms. The van der Waals surface area contributed by atoms with Crippen molar-refractivity contribution in [3.63, 3.8) is 0 Å². The fourth-order valence-electron chi connectivity index (χ4n) is 21.9. The second kappa shape index (κ2) is 36.2. The average Bonchev–Trinajstić information content (AvgIpc) is 1.62.